The molecule has 1 atom stereocenters. The minimum Gasteiger partial charge on any atom is -0.329 e. The van der Waals surface area contributed by atoms with Crippen LogP contribution in [0.3, 0.4) is 0 Å². The fourth-order valence-corrected chi connectivity index (χ4v) is 4.22. The van der Waals surface area contributed by atoms with Crippen molar-refractivity contribution in [1.29, 1.82) is 0 Å². The summed E-state index contributed by atoms with van der Waals surface area (Å²) < 4.78 is 26.7. The maximum Gasteiger partial charge on any atom is 0.243 e. The number of halogens is 1. The van der Waals surface area contributed by atoms with Crippen molar-refractivity contribution < 1.29 is 8.42 Å². The van der Waals surface area contributed by atoms with Gasteiger partial charge in [-0.2, -0.15) is 4.31 Å². The molecule has 19 heavy (non-hydrogen) atoms. The van der Waals surface area contributed by atoms with Crippen molar-refractivity contribution in [2.45, 2.75) is 30.7 Å². The standard InChI is InChI=1S/C13H19ClN2O2S/c1-9-11(14)4-3-5-13(9)19(17,18)16(2)12(8-15)10-6-7-10/h3-5,10,12H,6-8,15H2,1-2H3. The second-order valence-electron chi connectivity index (χ2n) is 5.02. The van der Waals surface area contributed by atoms with Gasteiger partial charge in [0.1, 0.15) is 0 Å². The van der Waals surface area contributed by atoms with Crippen LogP contribution in [0.4, 0.5) is 0 Å². The first kappa shape index (κ1) is 14.8. The number of rotatable bonds is 5. The van der Waals surface area contributed by atoms with Crippen molar-refractivity contribution in [2.75, 3.05) is 13.6 Å². The summed E-state index contributed by atoms with van der Waals surface area (Å²) in [6.07, 6.45) is 2.10. The summed E-state index contributed by atoms with van der Waals surface area (Å²) >= 11 is 6.01. The normalized spacial score (nSPS) is 17.7. The third-order valence-corrected chi connectivity index (χ3v) is 6.19. The number of likely N-dealkylation sites (N-methyl/N-ethyl adjacent to an activating group) is 1. The van der Waals surface area contributed by atoms with E-state index < -0.39 is 10.0 Å². The van der Waals surface area contributed by atoms with Crippen molar-refractivity contribution in [3.8, 4) is 0 Å². The van der Waals surface area contributed by atoms with Crippen molar-refractivity contribution in [2.24, 2.45) is 11.7 Å². The van der Waals surface area contributed by atoms with Gasteiger partial charge in [-0.3, -0.25) is 0 Å². The third kappa shape index (κ3) is 2.79. The Morgan fingerprint density at radius 3 is 2.63 bits per heavy atom. The second-order valence-corrected chi connectivity index (χ2v) is 7.40. The van der Waals surface area contributed by atoms with Crippen LogP contribution in [0, 0.1) is 12.8 Å². The van der Waals surface area contributed by atoms with Crippen LogP contribution in [-0.4, -0.2) is 32.4 Å². The Balaban J connectivity index is 2.38. The zero-order valence-corrected chi connectivity index (χ0v) is 12.7. The lowest BCUT2D eigenvalue weighted by Crippen LogP contribution is -2.43. The quantitative estimate of drug-likeness (QED) is 0.905. The highest BCUT2D eigenvalue weighted by Gasteiger charge is 2.38. The number of hydrogen-bond acceptors (Lipinski definition) is 3. The first-order valence-corrected chi connectivity index (χ1v) is 8.14. The Morgan fingerprint density at radius 1 is 1.47 bits per heavy atom. The van der Waals surface area contributed by atoms with Crippen LogP contribution in [0.2, 0.25) is 5.02 Å². The molecule has 0 aliphatic heterocycles. The molecule has 0 aromatic heterocycles. The lowest BCUT2D eigenvalue weighted by atomic mass is 10.2. The molecular weight excluding hydrogens is 284 g/mol. The Labute approximate surface area is 119 Å². The summed E-state index contributed by atoms with van der Waals surface area (Å²) in [5, 5.41) is 0.463. The van der Waals surface area contributed by atoms with Crippen LogP contribution in [0.5, 0.6) is 0 Å². The number of sulfonamides is 1. The zero-order chi connectivity index (χ0) is 14.2. The van der Waals surface area contributed by atoms with E-state index in [-0.39, 0.29) is 10.9 Å². The Hall–Kier alpha value is -0.620. The van der Waals surface area contributed by atoms with E-state index in [1.54, 1.807) is 32.2 Å². The van der Waals surface area contributed by atoms with E-state index in [9.17, 15) is 8.42 Å². The molecule has 0 heterocycles. The monoisotopic (exact) mass is 302 g/mol. The van der Waals surface area contributed by atoms with Crippen LogP contribution in [0.15, 0.2) is 23.1 Å². The molecule has 1 saturated carbocycles. The third-order valence-electron chi connectivity index (χ3n) is 3.75. The molecule has 0 amide bonds. The van der Waals surface area contributed by atoms with Gasteiger partial charge < -0.3 is 5.73 Å². The molecule has 1 unspecified atom stereocenters. The van der Waals surface area contributed by atoms with Crippen molar-refractivity contribution >= 4 is 21.6 Å². The second kappa shape index (κ2) is 5.40. The molecule has 1 aliphatic rings. The minimum absolute atomic E-state index is 0.122. The summed E-state index contributed by atoms with van der Waals surface area (Å²) in [6, 6.07) is 4.82. The van der Waals surface area contributed by atoms with Gasteiger partial charge in [-0.15, -0.1) is 0 Å². The maximum atomic E-state index is 12.6. The van der Waals surface area contributed by atoms with Gasteiger partial charge in [0.15, 0.2) is 0 Å². The van der Waals surface area contributed by atoms with Gasteiger partial charge in [-0.05, 0) is 43.4 Å². The van der Waals surface area contributed by atoms with E-state index in [4.69, 9.17) is 17.3 Å². The average Bonchev–Trinajstić information content (AvgIpc) is 3.17. The highest BCUT2D eigenvalue weighted by Crippen LogP contribution is 2.37. The fourth-order valence-electron chi connectivity index (χ4n) is 2.32. The number of nitrogens with two attached hydrogens (primary N) is 1. The predicted molar refractivity (Wildman–Crippen MR) is 76.7 cm³/mol. The Kier molecular flexibility index (Phi) is 4.20. The van der Waals surface area contributed by atoms with E-state index >= 15 is 0 Å². The van der Waals surface area contributed by atoms with E-state index in [1.807, 2.05) is 0 Å². The molecule has 2 N–H and O–H groups in total. The highest BCUT2D eigenvalue weighted by atomic mass is 35.5. The molecule has 6 heteroatoms. The van der Waals surface area contributed by atoms with Gasteiger partial charge in [0.25, 0.3) is 0 Å². The molecule has 0 bridgehead atoms. The molecule has 1 aromatic carbocycles. The van der Waals surface area contributed by atoms with Crippen LogP contribution in [0.25, 0.3) is 0 Å². The van der Waals surface area contributed by atoms with Crippen LogP contribution in [-0.2, 0) is 10.0 Å². The van der Waals surface area contributed by atoms with Crippen LogP contribution >= 0.6 is 11.6 Å². The van der Waals surface area contributed by atoms with Gasteiger partial charge in [0.2, 0.25) is 10.0 Å². The topological polar surface area (TPSA) is 63.4 Å². The molecule has 0 radical (unpaired) electrons. The first-order chi connectivity index (χ1) is 8.89. The number of nitrogens with zero attached hydrogens (tertiary/aromatic N) is 1. The largest absolute Gasteiger partial charge is 0.329 e. The SMILES string of the molecule is Cc1c(Cl)cccc1S(=O)(=O)N(C)C(CN)C1CC1. The molecule has 1 aliphatic carbocycles. The molecule has 0 spiro atoms. The summed E-state index contributed by atoms with van der Waals surface area (Å²) in [7, 11) is -1.94. The predicted octanol–water partition coefficient (Wildman–Crippen LogP) is 2.01. The molecule has 2 rings (SSSR count). The Bertz CT molecular complexity index is 570. The lowest BCUT2D eigenvalue weighted by Gasteiger charge is -2.27. The van der Waals surface area contributed by atoms with E-state index in [0.29, 0.717) is 23.0 Å². The summed E-state index contributed by atoms with van der Waals surface area (Å²) in [4.78, 5) is 0.265. The molecule has 0 saturated heterocycles. The zero-order valence-electron chi connectivity index (χ0n) is 11.1. The van der Waals surface area contributed by atoms with Gasteiger partial charge in [-0.25, -0.2) is 8.42 Å². The summed E-state index contributed by atoms with van der Waals surface area (Å²) in [6.45, 7) is 2.07. The van der Waals surface area contributed by atoms with Gasteiger partial charge >= 0.3 is 0 Å². The van der Waals surface area contributed by atoms with Gasteiger partial charge in [0.05, 0.1) is 4.90 Å². The van der Waals surface area contributed by atoms with Crippen molar-refractivity contribution in [3.63, 3.8) is 0 Å². The maximum absolute atomic E-state index is 12.6. The van der Waals surface area contributed by atoms with E-state index in [1.165, 1.54) is 4.31 Å². The van der Waals surface area contributed by atoms with E-state index in [0.717, 1.165) is 12.8 Å². The molecule has 106 valence electrons. The lowest BCUT2D eigenvalue weighted by molar-refractivity contribution is 0.340. The minimum atomic E-state index is -3.54. The number of benzene rings is 1. The summed E-state index contributed by atoms with van der Waals surface area (Å²) in [5.41, 5.74) is 6.31. The van der Waals surface area contributed by atoms with Crippen LogP contribution < -0.4 is 5.73 Å². The first-order valence-electron chi connectivity index (χ1n) is 6.32. The molecule has 1 aromatic rings. The fraction of sp³-hybridized carbons (Fsp3) is 0.538. The molecule has 1 fully saturated rings. The average molecular weight is 303 g/mol. The molecular formula is C13H19ClN2O2S. The van der Waals surface area contributed by atoms with Gasteiger partial charge in [0, 0.05) is 24.7 Å². The van der Waals surface area contributed by atoms with Gasteiger partial charge in [-0.1, -0.05) is 17.7 Å². The highest BCUT2D eigenvalue weighted by molar-refractivity contribution is 7.89. The summed E-state index contributed by atoms with van der Waals surface area (Å²) in [5.74, 6) is 0.393. The van der Waals surface area contributed by atoms with Crippen molar-refractivity contribution in [3.05, 3.63) is 28.8 Å². The Morgan fingerprint density at radius 2 is 2.11 bits per heavy atom. The smallest absolute Gasteiger partial charge is 0.243 e. The van der Waals surface area contributed by atoms with E-state index in [2.05, 4.69) is 0 Å². The number of hydrogen-bond donors (Lipinski definition) is 1. The van der Waals surface area contributed by atoms with Crippen molar-refractivity contribution in [1.82, 2.24) is 4.31 Å². The molecule has 4 nitrogen and oxygen atoms in total. The van der Waals surface area contributed by atoms with Crippen LogP contribution in [0.1, 0.15) is 18.4 Å².